The molecule has 1 saturated heterocycles. The third-order valence-corrected chi connectivity index (χ3v) is 6.00. The molecule has 6 nitrogen and oxygen atoms in total. The monoisotopic (exact) mass is 491 g/mol. The fourth-order valence-electron chi connectivity index (χ4n) is 4.35. The fourth-order valence-corrected chi connectivity index (χ4v) is 4.35. The van der Waals surface area contributed by atoms with Crippen LogP contribution in [0.4, 0.5) is 0 Å². The quantitative estimate of drug-likeness (QED) is 0.528. The Balaban J connectivity index is 0.00000193. The second kappa shape index (κ2) is 12.5. The number of nitrogens with one attached hydrogen (secondary N) is 1. The molecule has 8 heteroatoms. The van der Waals surface area contributed by atoms with E-state index in [1.54, 1.807) is 0 Å². The van der Waals surface area contributed by atoms with Gasteiger partial charge in [-0.3, -0.25) is 4.90 Å². The van der Waals surface area contributed by atoms with Gasteiger partial charge < -0.3 is 10.4 Å². The van der Waals surface area contributed by atoms with Gasteiger partial charge in [-0.1, -0.05) is 43.3 Å². The van der Waals surface area contributed by atoms with Crippen LogP contribution in [-0.2, 0) is 12.8 Å². The minimum atomic E-state index is 0. The van der Waals surface area contributed by atoms with Crippen molar-refractivity contribution < 1.29 is 5.11 Å². The number of aliphatic hydroxyl groups is 1. The molecule has 0 radical (unpaired) electrons. The first-order valence-electron chi connectivity index (χ1n) is 11.2. The van der Waals surface area contributed by atoms with Crippen LogP contribution in [0.15, 0.2) is 36.4 Å². The molecule has 1 atom stereocenters. The molecule has 3 aromatic rings. The van der Waals surface area contributed by atoms with E-state index in [0.717, 1.165) is 61.7 Å². The van der Waals surface area contributed by atoms with Crippen molar-refractivity contribution in [1.29, 1.82) is 0 Å². The van der Waals surface area contributed by atoms with Gasteiger partial charge in [-0.15, -0.1) is 24.8 Å². The highest BCUT2D eigenvalue weighted by Gasteiger charge is 2.17. The Bertz CT molecular complexity index is 1060. The number of nitrogens with zero attached hydrogens (tertiary/aromatic N) is 4. The molecule has 0 amide bonds. The molecule has 2 N–H and O–H groups in total. The van der Waals surface area contributed by atoms with Gasteiger partial charge in [0, 0.05) is 55.6 Å². The number of rotatable bonds is 7. The summed E-state index contributed by atoms with van der Waals surface area (Å²) in [7, 11) is 0. The summed E-state index contributed by atoms with van der Waals surface area (Å²) in [6.07, 6.45) is 6.14. The van der Waals surface area contributed by atoms with Crippen molar-refractivity contribution >= 4 is 36.5 Å². The SMILES string of the molecule is CCc1nn2c(C)cc(C)nc2c1Cc1ccc(/C=C/CN2CCN[C@H](CO)C2)cc1.Cl.Cl. The highest BCUT2D eigenvalue weighted by molar-refractivity contribution is 5.85. The standard InChI is InChI=1S/C25H33N5O.2ClH/c1-4-24-23(25-27-18(2)14-19(3)30(25)28-24)15-21-9-7-20(8-10-21)6-5-12-29-13-11-26-22(16-29)17-31;;/h5-10,14,22,26,31H,4,11-13,15-17H2,1-3H3;2*1H/b6-5+;;/t22-;;/m0../s1. The lowest BCUT2D eigenvalue weighted by molar-refractivity contribution is 0.158. The summed E-state index contributed by atoms with van der Waals surface area (Å²) in [5.74, 6) is 0. The molecule has 1 aromatic carbocycles. The van der Waals surface area contributed by atoms with Gasteiger partial charge in [0.25, 0.3) is 0 Å². The van der Waals surface area contributed by atoms with Crippen molar-refractivity contribution in [3.63, 3.8) is 0 Å². The van der Waals surface area contributed by atoms with Crippen LogP contribution in [0.2, 0.25) is 0 Å². The van der Waals surface area contributed by atoms with E-state index in [9.17, 15) is 5.11 Å². The number of fused-ring (bicyclic) bond motifs is 1. The van der Waals surface area contributed by atoms with E-state index < -0.39 is 0 Å². The van der Waals surface area contributed by atoms with Crippen LogP contribution in [0.5, 0.6) is 0 Å². The molecule has 1 aliphatic rings. The number of aliphatic hydroxyl groups excluding tert-OH is 1. The van der Waals surface area contributed by atoms with Gasteiger partial charge in [-0.05, 0) is 37.5 Å². The van der Waals surface area contributed by atoms with Crippen molar-refractivity contribution in [2.24, 2.45) is 0 Å². The van der Waals surface area contributed by atoms with Crippen molar-refractivity contribution in [2.75, 3.05) is 32.8 Å². The van der Waals surface area contributed by atoms with E-state index in [4.69, 9.17) is 10.1 Å². The molecular weight excluding hydrogens is 457 g/mol. The highest BCUT2D eigenvalue weighted by atomic mass is 35.5. The molecule has 0 bridgehead atoms. The zero-order valence-corrected chi connectivity index (χ0v) is 21.3. The van der Waals surface area contributed by atoms with Crippen LogP contribution in [0, 0.1) is 13.8 Å². The summed E-state index contributed by atoms with van der Waals surface area (Å²) >= 11 is 0. The number of halogens is 2. The zero-order chi connectivity index (χ0) is 21.8. The Morgan fingerprint density at radius 2 is 1.94 bits per heavy atom. The Morgan fingerprint density at radius 1 is 1.18 bits per heavy atom. The molecule has 180 valence electrons. The Morgan fingerprint density at radius 3 is 2.64 bits per heavy atom. The molecule has 0 spiro atoms. The lowest BCUT2D eigenvalue weighted by atomic mass is 10.0. The van der Waals surface area contributed by atoms with Gasteiger partial charge in [0.15, 0.2) is 5.65 Å². The normalized spacial score (nSPS) is 16.7. The van der Waals surface area contributed by atoms with Crippen molar-refractivity contribution in [3.8, 4) is 0 Å². The third kappa shape index (κ3) is 6.55. The van der Waals surface area contributed by atoms with Crippen LogP contribution in [0.25, 0.3) is 11.7 Å². The first-order chi connectivity index (χ1) is 15.1. The topological polar surface area (TPSA) is 65.7 Å². The van der Waals surface area contributed by atoms with Crippen LogP contribution in [0.3, 0.4) is 0 Å². The molecule has 33 heavy (non-hydrogen) atoms. The molecule has 0 saturated carbocycles. The third-order valence-electron chi connectivity index (χ3n) is 6.00. The van der Waals surface area contributed by atoms with Gasteiger partial charge >= 0.3 is 0 Å². The first-order valence-corrected chi connectivity index (χ1v) is 11.2. The second-order valence-electron chi connectivity index (χ2n) is 8.47. The van der Waals surface area contributed by atoms with Crippen molar-refractivity contribution in [2.45, 2.75) is 39.7 Å². The molecular formula is C25H35Cl2N5O. The number of hydrogen-bond acceptors (Lipinski definition) is 5. The first kappa shape index (κ1) is 27.3. The van der Waals surface area contributed by atoms with Crippen LogP contribution < -0.4 is 5.32 Å². The van der Waals surface area contributed by atoms with E-state index in [1.165, 1.54) is 16.7 Å². The van der Waals surface area contributed by atoms with Crippen molar-refractivity contribution in [3.05, 3.63) is 70.2 Å². The molecule has 4 rings (SSSR count). The predicted octanol–water partition coefficient (Wildman–Crippen LogP) is 3.62. The summed E-state index contributed by atoms with van der Waals surface area (Å²) in [6, 6.07) is 11.0. The zero-order valence-electron chi connectivity index (χ0n) is 19.6. The Kier molecular flexibility index (Phi) is 10.3. The minimum Gasteiger partial charge on any atom is -0.395 e. The summed E-state index contributed by atoms with van der Waals surface area (Å²) in [5.41, 5.74) is 7.98. The number of hydrogen-bond donors (Lipinski definition) is 2. The van der Waals surface area contributed by atoms with Crippen LogP contribution in [-0.4, -0.2) is 63.4 Å². The predicted molar refractivity (Wildman–Crippen MR) is 140 cm³/mol. The summed E-state index contributed by atoms with van der Waals surface area (Å²) in [4.78, 5) is 7.15. The highest BCUT2D eigenvalue weighted by Crippen LogP contribution is 2.21. The average Bonchev–Trinajstić information content (AvgIpc) is 3.13. The largest absolute Gasteiger partial charge is 0.395 e. The molecule has 2 aromatic heterocycles. The molecule has 0 unspecified atom stereocenters. The van der Waals surface area contributed by atoms with E-state index >= 15 is 0 Å². The maximum atomic E-state index is 9.33. The van der Waals surface area contributed by atoms with E-state index in [1.807, 2.05) is 11.4 Å². The number of benzene rings is 1. The van der Waals surface area contributed by atoms with Gasteiger partial charge in [0.2, 0.25) is 0 Å². The fraction of sp³-hybridized carbons (Fsp3) is 0.440. The molecule has 1 aliphatic heterocycles. The van der Waals surface area contributed by atoms with E-state index in [0.29, 0.717) is 0 Å². The second-order valence-corrected chi connectivity index (χ2v) is 8.47. The molecule has 1 fully saturated rings. The Hall–Kier alpha value is -1.96. The van der Waals surface area contributed by atoms with Gasteiger partial charge in [-0.2, -0.15) is 5.10 Å². The van der Waals surface area contributed by atoms with E-state index in [-0.39, 0.29) is 37.5 Å². The van der Waals surface area contributed by atoms with Crippen molar-refractivity contribution in [1.82, 2.24) is 24.8 Å². The molecule has 3 heterocycles. The summed E-state index contributed by atoms with van der Waals surface area (Å²) in [6.45, 7) is 10.2. The summed E-state index contributed by atoms with van der Waals surface area (Å²) in [5, 5.41) is 17.5. The van der Waals surface area contributed by atoms with Gasteiger partial charge in [0.05, 0.1) is 12.3 Å². The number of aromatic nitrogens is 3. The van der Waals surface area contributed by atoms with Gasteiger partial charge in [-0.25, -0.2) is 9.50 Å². The Labute approximate surface area is 208 Å². The number of aryl methyl sites for hydroxylation is 3. The van der Waals surface area contributed by atoms with Crippen LogP contribution in [0.1, 0.15) is 40.7 Å². The minimum absolute atomic E-state index is 0. The van der Waals surface area contributed by atoms with Gasteiger partial charge in [0.1, 0.15) is 0 Å². The number of piperazine rings is 1. The maximum Gasteiger partial charge on any atom is 0.159 e. The average molecular weight is 492 g/mol. The summed E-state index contributed by atoms with van der Waals surface area (Å²) < 4.78 is 1.98. The maximum absolute atomic E-state index is 9.33. The lowest BCUT2D eigenvalue weighted by Crippen LogP contribution is -2.52. The van der Waals surface area contributed by atoms with Crippen LogP contribution >= 0.6 is 24.8 Å². The smallest absolute Gasteiger partial charge is 0.159 e. The molecule has 0 aliphatic carbocycles. The lowest BCUT2D eigenvalue weighted by Gasteiger charge is -2.31. The van der Waals surface area contributed by atoms with E-state index in [2.05, 4.69) is 66.5 Å².